The molecule has 2 aromatic rings. The van der Waals surface area contributed by atoms with Gasteiger partial charge in [-0.2, -0.15) is 0 Å². The number of hydrogen-bond acceptors (Lipinski definition) is 6. The third-order valence-corrected chi connectivity index (χ3v) is 4.59. The minimum Gasteiger partial charge on any atom is -0.444 e. The Labute approximate surface area is 151 Å². The Morgan fingerprint density at radius 3 is 2.88 bits per heavy atom. The van der Waals surface area contributed by atoms with Crippen LogP contribution in [0.1, 0.15) is 26.3 Å². The highest BCUT2D eigenvalue weighted by atomic mass is 32.2. The normalized spacial score (nSPS) is 12.8. The molecule has 0 spiro atoms. The van der Waals surface area contributed by atoms with Gasteiger partial charge in [-0.05, 0) is 26.8 Å². The van der Waals surface area contributed by atoms with E-state index in [1.807, 2.05) is 39.1 Å². The van der Waals surface area contributed by atoms with Crippen LogP contribution in [0, 0.1) is 0 Å². The smallest absolute Gasteiger partial charge is 0.407 e. The second-order valence-electron chi connectivity index (χ2n) is 6.71. The van der Waals surface area contributed by atoms with E-state index in [4.69, 9.17) is 4.74 Å². The Morgan fingerprint density at radius 2 is 2.08 bits per heavy atom. The molecule has 0 aliphatic carbocycles. The number of hydrogen-bond donors (Lipinski definition) is 2. The SMILES string of the molecule is CC(C)(C)OC(=O)NCCNc1ncc2c(n1)-c1ccccc1SC2. The van der Waals surface area contributed by atoms with E-state index in [9.17, 15) is 4.79 Å². The molecule has 0 radical (unpaired) electrons. The summed E-state index contributed by atoms with van der Waals surface area (Å²) in [5.41, 5.74) is 2.77. The zero-order valence-electron chi connectivity index (χ0n) is 14.6. The summed E-state index contributed by atoms with van der Waals surface area (Å²) in [6, 6.07) is 8.26. The molecule has 132 valence electrons. The Morgan fingerprint density at radius 1 is 1.28 bits per heavy atom. The lowest BCUT2D eigenvalue weighted by Crippen LogP contribution is -2.35. The molecule has 2 N–H and O–H groups in total. The molecule has 25 heavy (non-hydrogen) atoms. The van der Waals surface area contributed by atoms with Crippen LogP contribution in [0.3, 0.4) is 0 Å². The van der Waals surface area contributed by atoms with E-state index in [1.54, 1.807) is 11.8 Å². The first-order valence-corrected chi connectivity index (χ1v) is 9.20. The molecule has 1 amide bonds. The van der Waals surface area contributed by atoms with E-state index in [1.165, 1.54) is 4.90 Å². The predicted octanol–water partition coefficient (Wildman–Crippen LogP) is 3.69. The number of amides is 1. The molecule has 0 saturated carbocycles. The van der Waals surface area contributed by atoms with Crippen LogP contribution in [0.2, 0.25) is 0 Å². The third-order valence-electron chi connectivity index (χ3n) is 3.47. The summed E-state index contributed by atoms with van der Waals surface area (Å²) in [4.78, 5) is 21.9. The quantitative estimate of drug-likeness (QED) is 0.812. The molecule has 1 aliphatic heterocycles. The van der Waals surface area contributed by atoms with Crippen molar-refractivity contribution in [1.29, 1.82) is 0 Å². The number of aromatic nitrogens is 2. The van der Waals surface area contributed by atoms with E-state index in [-0.39, 0.29) is 0 Å². The fraction of sp³-hybridized carbons (Fsp3) is 0.389. The van der Waals surface area contributed by atoms with E-state index in [0.29, 0.717) is 19.0 Å². The van der Waals surface area contributed by atoms with Gasteiger partial charge in [-0.3, -0.25) is 0 Å². The number of carbonyl (C=O) groups is 1. The average Bonchev–Trinajstić information content (AvgIpc) is 2.57. The van der Waals surface area contributed by atoms with Crippen molar-refractivity contribution < 1.29 is 9.53 Å². The number of anilines is 1. The standard InChI is InChI=1S/C18H22N4O2S/c1-18(2,3)24-17(23)20-9-8-19-16-21-10-12-11-25-14-7-5-4-6-13(14)15(12)22-16/h4-7,10H,8-9,11H2,1-3H3,(H,20,23)(H,19,21,22). The van der Waals surface area contributed by atoms with Crippen LogP contribution in [0.5, 0.6) is 0 Å². The van der Waals surface area contributed by atoms with Crippen molar-refractivity contribution in [2.75, 3.05) is 18.4 Å². The zero-order valence-corrected chi connectivity index (χ0v) is 15.4. The molecular weight excluding hydrogens is 336 g/mol. The highest BCUT2D eigenvalue weighted by molar-refractivity contribution is 7.98. The van der Waals surface area contributed by atoms with Crippen molar-refractivity contribution in [1.82, 2.24) is 15.3 Å². The monoisotopic (exact) mass is 358 g/mol. The first kappa shape index (κ1) is 17.5. The molecule has 0 fully saturated rings. The first-order valence-electron chi connectivity index (χ1n) is 8.21. The minimum atomic E-state index is -0.496. The van der Waals surface area contributed by atoms with Crippen LogP contribution >= 0.6 is 11.8 Å². The lowest BCUT2D eigenvalue weighted by Gasteiger charge is -2.20. The van der Waals surface area contributed by atoms with E-state index < -0.39 is 11.7 Å². The van der Waals surface area contributed by atoms with Crippen LogP contribution in [0.15, 0.2) is 35.4 Å². The third kappa shape index (κ3) is 4.63. The number of ether oxygens (including phenoxy) is 1. The molecule has 1 aromatic carbocycles. The molecule has 0 bridgehead atoms. The molecule has 0 saturated heterocycles. The van der Waals surface area contributed by atoms with Crippen LogP contribution in [-0.4, -0.2) is 34.8 Å². The number of alkyl carbamates (subject to hydrolysis) is 1. The summed E-state index contributed by atoms with van der Waals surface area (Å²) in [5.74, 6) is 1.44. The van der Waals surface area contributed by atoms with Crippen molar-refractivity contribution in [3.8, 4) is 11.3 Å². The van der Waals surface area contributed by atoms with Crippen molar-refractivity contribution >= 4 is 23.8 Å². The number of carbonyl (C=O) groups excluding carboxylic acids is 1. The Kier molecular flexibility index (Phi) is 5.13. The maximum absolute atomic E-state index is 11.6. The highest BCUT2D eigenvalue weighted by Gasteiger charge is 2.18. The first-order chi connectivity index (χ1) is 11.9. The second kappa shape index (κ2) is 7.31. The van der Waals surface area contributed by atoms with Gasteiger partial charge < -0.3 is 15.4 Å². The summed E-state index contributed by atoms with van der Waals surface area (Å²) in [6.07, 6.45) is 1.45. The van der Waals surface area contributed by atoms with Gasteiger partial charge in [0.2, 0.25) is 5.95 Å². The van der Waals surface area contributed by atoms with Gasteiger partial charge in [0.15, 0.2) is 0 Å². The number of nitrogens with zero attached hydrogens (tertiary/aromatic N) is 2. The number of fused-ring (bicyclic) bond motifs is 3. The number of rotatable bonds is 4. The highest BCUT2D eigenvalue weighted by Crippen LogP contribution is 2.40. The number of thioether (sulfide) groups is 1. The summed E-state index contributed by atoms with van der Waals surface area (Å²) < 4.78 is 5.19. The van der Waals surface area contributed by atoms with E-state index in [0.717, 1.165) is 22.6 Å². The van der Waals surface area contributed by atoms with Gasteiger partial charge in [-0.25, -0.2) is 14.8 Å². The maximum atomic E-state index is 11.6. The van der Waals surface area contributed by atoms with Crippen molar-refractivity contribution in [3.05, 3.63) is 36.0 Å². The largest absolute Gasteiger partial charge is 0.444 e. The van der Waals surface area contributed by atoms with Gasteiger partial charge in [0.25, 0.3) is 0 Å². The predicted molar refractivity (Wildman–Crippen MR) is 99.8 cm³/mol. The molecule has 0 unspecified atom stereocenters. The fourth-order valence-corrected chi connectivity index (χ4v) is 3.44. The average molecular weight is 358 g/mol. The van der Waals surface area contributed by atoms with Crippen LogP contribution in [0.4, 0.5) is 10.7 Å². The van der Waals surface area contributed by atoms with Gasteiger partial charge in [0.05, 0.1) is 5.69 Å². The van der Waals surface area contributed by atoms with Gasteiger partial charge in [0.1, 0.15) is 5.60 Å². The van der Waals surface area contributed by atoms with Crippen LogP contribution < -0.4 is 10.6 Å². The maximum Gasteiger partial charge on any atom is 0.407 e. The lowest BCUT2D eigenvalue weighted by atomic mass is 10.1. The molecule has 2 heterocycles. The van der Waals surface area contributed by atoms with Gasteiger partial charge >= 0.3 is 6.09 Å². The van der Waals surface area contributed by atoms with Crippen molar-refractivity contribution in [2.45, 2.75) is 37.0 Å². The molecule has 6 nitrogen and oxygen atoms in total. The zero-order chi connectivity index (χ0) is 17.9. The van der Waals surface area contributed by atoms with E-state index in [2.05, 4.69) is 32.7 Å². The Bertz CT molecular complexity index is 774. The molecule has 1 aliphatic rings. The van der Waals surface area contributed by atoms with Gasteiger partial charge in [-0.15, -0.1) is 11.8 Å². The van der Waals surface area contributed by atoms with Crippen molar-refractivity contribution in [2.24, 2.45) is 0 Å². The van der Waals surface area contributed by atoms with Crippen LogP contribution in [0.25, 0.3) is 11.3 Å². The topological polar surface area (TPSA) is 76.1 Å². The van der Waals surface area contributed by atoms with Crippen molar-refractivity contribution in [3.63, 3.8) is 0 Å². The molecule has 1 aromatic heterocycles. The summed E-state index contributed by atoms with van der Waals surface area (Å²) in [5, 5.41) is 5.85. The minimum absolute atomic E-state index is 0.424. The molecule has 0 atom stereocenters. The molecular formula is C18H22N4O2S. The number of benzene rings is 1. The fourth-order valence-electron chi connectivity index (χ4n) is 2.43. The summed E-state index contributed by atoms with van der Waals surface area (Å²) in [7, 11) is 0. The lowest BCUT2D eigenvalue weighted by molar-refractivity contribution is 0.0530. The summed E-state index contributed by atoms with van der Waals surface area (Å²) in [6.45, 7) is 6.46. The molecule has 7 heteroatoms. The molecule has 3 rings (SSSR count). The van der Waals surface area contributed by atoms with Gasteiger partial charge in [-0.1, -0.05) is 18.2 Å². The van der Waals surface area contributed by atoms with Crippen LogP contribution in [-0.2, 0) is 10.5 Å². The number of nitrogens with one attached hydrogen (secondary N) is 2. The second-order valence-corrected chi connectivity index (χ2v) is 7.72. The Hall–Kier alpha value is -2.28. The summed E-state index contributed by atoms with van der Waals surface area (Å²) >= 11 is 1.80. The van der Waals surface area contributed by atoms with E-state index >= 15 is 0 Å². The Balaban J connectivity index is 1.58. The van der Waals surface area contributed by atoms with Gasteiger partial charge in [0, 0.05) is 41.1 Å².